The molecule has 0 atom stereocenters. The van der Waals surface area contributed by atoms with Gasteiger partial charge in [-0.05, 0) is 31.3 Å². The Labute approximate surface area is 157 Å². The summed E-state index contributed by atoms with van der Waals surface area (Å²) >= 11 is 0. The summed E-state index contributed by atoms with van der Waals surface area (Å²) in [7, 11) is 1.65. The number of rotatable bonds is 6. The van der Waals surface area contributed by atoms with Gasteiger partial charge in [-0.2, -0.15) is 0 Å². The van der Waals surface area contributed by atoms with Gasteiger partial charge >= 0.3 is 6.09 Å². The van der Waals surface area contributed by atoms with Crippen LogP contribution >= 0.6 is 0 Å². The number of benzene rings is 1. The lowest BCUT2D eigenvalue weighted by Gasteiger charge is -2.28. The minimum Gasteiger partial charge on any atom is -0.447 e. The Kier molecular flexibility index (Phi) is 6.25. The number of hydrogen-bond acceptors (Lipinski definition) is 7. The Morgan fingerprint density at radius 1 is 1.07 bits per heavy atom. The third kappa shape index (κ3) is 5.18. The van der Waals surface area contributed by atoms with Crippen molar-refractivity contribution in [2.24, 2.45) is 0 Å². The fourth-order valence-corrected chi connectivity index (χ4v) is 3.01. The number of carbonyl (C=O) groups is 3. The number of likely N-dealkylation sites (N-methyl/N-ethyl adjacent to an activating group) is 1. The van der Waals surface area contributed by atoms with E-state index in [1.165, 1.54) is 0 Å². The van der Waals surface area contributed by atoms with Crippen molar-refractivity contribution in [1.29, 1.82) is 0 Å². The molecule has 0 unspecified atom stereocenters. The SMILES string of the molecule is CN(CC(=O)Nc1ccc(N2CCOCC2)cc1)CC(=O)N1CCOC1=O. The van der Waals surface area contributed by atoms with Crippen LogP contribution in [-0.2, 0) is 19.1 Å². The molecule has 3 amide bonds. The van der Waals surface area contributed by atoms with E-state index in [-0.39, 0.29) is 38.1 Å². The predicted octanol–water partition coefficient (Wildman–Crippen LogP) is 0.372. The molecule has 2 fully saturated rings. The highest BCUT2D eigenvalue weighted by molar-refractivity contribution is 5.95. The number of ether oxygens (including phenoxy) is 2. The van der Waals surface area contributed by atoms with Crippen LogP contribution in [0.15, 0.2) is 24.3 Å². The fourth-order valence-electron chi connectivity index (χ4n) is 3.01. The molecule has 0 aromatic heterocycles. The van der Waals surface area contributed by atoms with Crippen molar-refractivity contribution >= 4 is 29.3 Å². The third-order valence-corrected chi connectivity index (χ3v) is 4.41. The summed E-state index contributed by atoms with van der Waals surface area (Å²) in [5, 5.41) is 2.81. The summed E-state index contributed by atoms with van der Waals surface area (Å²) in [5.41, 5.74) is 1.79. The van der Waals surface area contributed by atoms with E-state index in [1.54, 1.807) is 11.9 Å². The zero-order valence-electron chi connectivity index (χ0n) is 15.3. The number of imide groups is 1. The van der Waals surface area contributed by atoms with Gasteiger partial charge in [-0.15, -0.1) is 0 Å². The molecular weight excluding hydrogens is 352 g/mol. The van der Waals surface area contributed by atoms with Gasteiger partial charge in [0.15, 0.2) is 0 Å². The summed E-state index contributed by atoms with van der Waals surface area (Å²) in [4.78, 5) is 40.4. The van der Waals surface area contributed by atoms with Crippen LogP contribution in [0.3, 0.4) is 0 Å². The number of carbonyl (C=O) groups excluding carboxylic acids is 3. The molecule has 1 aromatic carbocycles. The second-order valence-electron chi connectivity index (χ2n) is 6.53. The first-order chi connectivity index (χ1) is 13.0. The van der Waals surface area contributed by atoms with Crippen LogP contribution in [0.2, 0.25) is 0 Å². The number of nitrogens with one attached hydrogen (secondary N) is 1. The fraction of sp³-hybridized carbons (Fsp3) is 0.500. The number of morpholine rings is 1. The zero-order chi connectivity index (χ0) is 19.2. The van der Waals surface area contributed by atoms with E-state index in [4.69, 9.17) is 9.47 Å². The molecule has 9 heteroatoms. The monoisotopic (exact) mass is 376 g/mol. The van der Waals surface area contributed by atoms with E-state index in [9.17, 15) is 14.4 Å². The molecular formula is C18H24N4O5. The molecule has 2 heterocycles. The topological polar surface area (TPSA) is 91.4 Å². The normalized spacial score (nSPS) is 17.2. The second-order valence-corrected chi connectivity index (χ2v) is 6.53. The van der Waals surface area contributed by atoms with Crippen LogP contribution in [0.5, 0.6) is 0 Å². The Morgan fingerprint density at radius 3 is 2.41 bits per heavy atom. The Bertz CT molecular complexity index is 687. The van der Waals surface area contributed by atoms with E-state index >= 15 is 0 Å². The van der Waals surface area contributed by atoms with E-state index in [0.717, 1.165) is 36.9 Å². The highest BCUT2D eigenvalue weighted by atomic mass is 16.6. The van der Waals surface area contributed by atoms with Crippen molar-refractivity contribution in [1.82, 2.24) is 9.80 Å². The zero-order valence-corrected chi connectivity index (χ0v) is 15.3. The van der Waals surface area contributed by atoms with Crippen LogP contribution < -0.4 is 10.2 Å². The molecule has 0 spiro atoms. The average Bonchev–Trinajstić information content (AvgIpc) is 3.09. The molecule has 0 radical (unpaired) electrons. The van der Waals surface area contributed by atoms with Gasteiger partial charge in [-0.25, -0.2) is 9.69 Å². The number of cyclic esters (lactones) is 1. The quantitative estimate of drug-likeness (QED) is 0.767. The first-order valence-corrected chi connectivity index (χ1v) is 8.91. The summed E-state index contributed by atoms with van der Waals surface area (Å²) < 4.78 is 10.1. The lowest BCUT2D eigenvalue weighted by Crippen LogP contribution is -2.41. The van der Waals surface area contributed by atoms with Crippen molar-refractivity contribution in [2.45, 2.75) is 0 Å². The first-order valence-electron chi connectivity index (χ1n) is 8.91. The van der Waals surface area contributed by atoms with Crippen LogP contribution in [0.1, 0.15) is 0 Å². The molecule has 146 valence electrons. The second kappa shape index (κ2) is 8.83. The Balaban J connectivity index is 1.45. The van der Waals surface area contributed by atoms with Crippen molar-refractivity contribution in [3.8, 4) is 0 Å². The smallest absolute Gasteiger partial charge is 0.416 e. The number of amides is 3. The first kappa shape index (κ1) is 19.1. The molecule has 2 saturated heterocycles. The minimum absolute atomic E-state index is 0.0293. The lowest BCUT2D eigenvalue weighted by atomic mass is 10.2. The largest absolute Gasteiger partial charge is 0.447 e. The molecule has 2 aliphatic heterocycles. The maximum Gasteiger partial charge on any atom is 0.416 e. The van der Waals surface area contributed by atoms with Crippen LogP contribution in [0, 0.1) is 0 Å². The van der Waals surface area contributed by atoms with E-state index in [0.29, 0.717) is 5.69 Å². The summed E-state index contributed by atoms with van der Waals surface area (Å²) in [6.45, 7) is 3.64. The maximum absolute atomic E-state index is 12.2. The Morgan fingerprint density at radius 2 is 1.78 bits per heavy atom. The molecule has 0 bridgehead atoms. The van der Waals surface area contributed by atoms with Gasteiger partial charge in [-0.3, -0.25) is 14.5 Å². The third-order valence-electron chi connectivity index (χ3n) is 4.41. The van der Waals surface area contributed by atoms with Gasteiger partial charge in [0, 0.05) is 24.5 Å². The van der Waals surface area contributed by atoms with Gasteiger partial charge in [0.05, 0.1) is 32.8 Å². The van der Waals surface area contributed by atoms with Gasteiger partial charge < -0.3 is 19.7 Å². The molecule has 9 nitrogen and oxygen atoms in total. The Hall–Kier alpha value is -2.65. The van der Waals surface area contributed by atoms with E-state index in [1.807, 2.05) is 24.3 Å². The standard InChI is InChI=1S/C18H24N4O5/c1-20(13-17(24)22-8-11-27-18(22)25)12-16(23)19-14-2-4-15(5-3-14)21-6-9-26-10-7-21/h2-5H,6-13H2,1H3,(H,19,23). The van der Waals surface area contributed by atoms with Crippen LogP contribution in [0.25, 0.3) is 0 Å². The summed E-state index contributed by atoms with van der Waals surface area (Å²) in [5.74, 6) is -0.601. The highest BCUT2D eigenvalue weighted by Gasteiger charge is 2.29. The van der Waals surface area contributed by atoms with Crippen molar-refractivity contribution in [3.05, 3.63) is 24.3 Å². The van der Waals surface area contributed by atoms with Gasteiger partial charge in [0.25, 0.3) is 0 Å². The average molecular weight is 376 g/mol. The summed E-state index contributed by atoms with van der Waals surface area (Å²) in [6.07, 6.45) is -0.627. The molecule has 2 aliphatic rings. The van der Waals surface area contributed by atoms with Crippen LogP contribution in [-0.4, -0.2) is 87.3 Å². The van der Waals surface area contributed by atoms with Crippen molar-refractivity contribution in [3.63, 3.8) is 0 Å². The summed E-state index contributed by atoms with van der Waals surface area (Å²) in [6, 6.07) is 7.64. The number of hydrogen-bond donors (Lipinski definition) is 1. The molecule has 1 N–H and O–H groups in total. The molecule has 0 aliphatic carbocycles. The molecule has 0 saturated carbocycles. The van der Waals surface area contributed by atoms with Gasteiger partial charge in [-0.1, -0.05) is 0 Å². The molecule has 27 heavy (non-hydrogen) atoms. The van der Waals surface area contributed by atoms with E-state index < -0.39 is 6.09 Å². The predicted molar refractivity (Wildman–Crippen MR) is 98.7 cm³/mol. The van der Waals surface area contributed by atoms with Crippen molar-refractivity contribution < 1.29 is 23.9 Å². The molecule has 1 aromatic rings. The maximum atomic E-state index is 12.2. The lowest BCUT2D eigenvalue weighted by molar-refractivity contribution is -0.129. The number of anilines is 2. The van der Waals surface area contributed by atoms with Gasteiger partial charge in [0.1, 0.15) is 6.61 Å². The van der Waals surface area contributed by atoms with E-state index in [2.05, 4.69) is 10.2 Å². The van der Waals surface area contributed by atoms with Crippen molar-refractivity contribution in [2.75, 3.05) is 69.8 Å². The molecule has 3 rings (SSSR count). The minimum atomic E-state index is -0.627. The van der Waals surface area contributed by atoms with Crippen LogP contribution in [0.4, 0.5) is 16.2 Å². The van der Waals surface area contributed by atoms with Gasteiger partial charge in [0.2, 0.25) is 11.8 Å². The highest BCUT2D eigenvalue weighted by Crippen LogP contribution is 2.19. The number of nitrogens with zero attached hydrogens (tertiary/aromatic N) is 3.